The third-order valence-electron chi connectivity index (χ3n) is 8.07. The lowest BCUT2D eigenvalue weighted by molar-refractivity contribution is -0.142. The van der Waals surface area contributed by atoms with Crippen molar-refractivity contribution in [1.29, 1.82) is 0 Å². The van der Waals surface area contributed by atoms with Gasteiger partial charge in [0.1, 0.15) is 17.5 Å². The minimum atomic E-state index is -0.997. The van der Waals surface area contributed by atoms with E-state index in [0.717, 1.165) is 25.7 Å². The quantitative estimate of drug-likeness (QED) is 0.711. The number of phenols is 1. The van der Waals surface area contributed by atoms with Gasteiger partial charge in [0.05, 0.1) is 6.42 Å². The predicted molar refractivity (Wildman–Crippen MR) is 92.1 cm³/mol. The average Bonchev–Trinajstić information content (AvgIpc) is 2.95. The number of hydrogen-bond donors (Lipinski definition) is 2. The Bertz CT molecular complexity index is 758. The van der Waals surface area contributed by atoms with Crippen LogP contribution in [0.3, 0.4) is 0 Å². The number of hydrogen-bond acceptors (Lipinski definition) is 4. The molecule has 0 radical (unpaired) electrons. The first-order valence-electron chi connectivity index (χ1n) is 9.57. The molecule has 5 rings (SSSR count). The zero-order chi connectivity index (χ0) is 17.6. The number of fused-ring (bicyclic) bond motifs is 7. The summed E-state index contributed by atoms with van der Waals surface area (Å²) in [5.41, 5.74) is 1.41. The molecule has 0 bridgehead atoms. The molecule has 0 spiro atoms. The summed E-state index contributed by atoms with van der Waals surface area (Å²) in [4.78, 5) is 11.8. The molecule has 0 aromatic heterocycles. The van der Waals surface area contributed by atoms with E-state index < -0.39 is 5.60 Å². The number of aryl methyl sites for hydroxylation is 1. The zero-order valence-electron chi connectivity index (χ0n) is 14.9. The molecule has 4 aliphatic rings. The number of benzene rings is 1. The maximum Gasteiger partial charge on any atom is 0.309 e. The Morgan fingerprint density at radius 2 is 2.12 bits per heavy atom. The lowest BCUT2D eigenvalue weighted by atomic mass is 9.50. The molecular formula is C21H26O4. The predicted octanol–water partition coefficient (Wildman–Crippen LogP) is 3.15. The van der Waals surface area contributed by atoms with Gasteiger partial charge >= 0.3 is 5.97 Å². The van der Waals surface area contributed by atoms with Gasteiger partial charge in [0.2, 0.25) is 0 Å². The number of rotatable bonds is 0. The molecule has 25 heavy (non-hydrogen) atoms. The van der Waals surface area contributed by atoms with Crippen LogP contribution in [-0.2, 0) is 16.0 Å². The lowest BCUT2D eigenvalue weighted by Crippen LogP contribution is -2.54. The number of esters is 1. The standard InChI is InChI=1S/C21H26O4/c1-11-9-20(2)16(8-17-21(20,24)10-18(23)25-17)15-5-3-12-7-13(22)4-6-14(12)19(11)15/h4,6-7,11,15-17,19,22,24H,3,5,8-10H2,1-2H3/t11-,15-,16-,17?,19+,20-,21+/m0/s1. The van der Waals surface area contributed by atoms with Gasteiger partial charge < -0.3 is 14.9 Å². The van der Waals surface area contributed by atoms with E-state index in [2.05, 4.69) is 19.9 Å². The molecule has 2 saturated carbocycles. The molecule has 3 aliphatic carbocycles. The van der Waals surface area contributed by atoms with Crippen LogP contribution in [0.5, 0.6) is 5.75 Å². The second-order valence-electron chi connectivity index (χ2n) is 9.13. The average molecular weight is 342 g/mol. The molecule has 0 amide bonds. The molecular weight excluding hydrogens is 316 g/mol. The van der Waals surface area contributed by atoms with Crippen molar-refractivity contribution >= 4 is 5.97 Å². The molecule has 4 heteroatoms. The van der Waals surface area contributed by atoms with E-state index in [1.165, 1.54) is 11.1 Å². The van der Waals surface area contributed by atoms with Crippen molar-refractivity contribution in [3.05, 3.63) is 29.3 Å². The second-order valence-corrected chi connectivity index (χ2v) is 9.13. The van der Waals surface area contributed by atoms with Crippen LogP contribution >= 0.6 is 0 Å². The van der Waals surface area contributed by atoms with Crippen LogP contribution in [0.2, 0.25) is 0 Å². The Hall–Kier alpha value is -1.55. The highest BCUT2D eigenvalue weighted by Crippen LogP contribution is 2.68. The summed E-state index contributed by atoms with van der Waals surface area (Å²) < 4.78 is 5.52. The van der Waals surface area contributed by atoms with Crippen molar-refractivity contribution in [3.8, 4) is 5.75 Å². The van der Waals surface area contributed by atoms with E-state index in [1.54, 1.807) is 6.07 Å². The minimum Gasteiger partial charge on any atom is -0.508 e. The highest BCUT2D eigenvalue weighted by Gasteiger charge is 2.70. The van der Waals surface area contributed by atoms with Gasteiger partial charge in [-0.05, 0) is 72.6 Å². The van der Waals surface area contributed by atoms with Crippen LogP contribution in [0.25, 0.3) is 0 Å². The zero-order valence-corrected chi connectivity index (χ0v) is 14.9. The van der Waals surface area contributed by atoms with Crippen molar-refractivity contribution in [1.82, 2.24) is 0 Å². The van der Waals surface area contributed by atoms with Gasteiger partial charge in [0.15, 0.2) is 0 Å². The largest absolute Gasteiger partial charge is 0.508 e. The Labute approximate surface area is 148 Å². The highest BCUT2D eigenvalue weighted by atomic mass is 16.6. The van der Waals surface area contributed by atoms with E-state index in [-0.39, 0.29) is 23.9 Å². The molecule has 1 heterocycles. The third-order valence-corrected chi connectivity index (χ3v) is 8.07. The Morgan fingerprint density at radius 1 is 1.32 bits per heavy atom. The van der Waals surface area contributed by atoms with E-state index in [9.17, 15) is 15.0 Å². The molecule has 2 N–H and O–H groups in total. The lowest BCUT2D eigenvalue weighted by Gasteiger charge is -2.55. The normalized spacial score (nSPS) is 47.5. The highest BCUT2D eigenvalue weighted by molar-refractivity contribution is 5.74. The fourth-order valence-corrected chi connectivity index (χ4v) is 7.07. The van der Waals surface area contributed by atoms with Gasteiger partial charge in [-0.1, -0.05) is 19.9 Å². The van der Waals surface area contributed by atoms with Crippen molar-refractivity contribution in [2.24, 2.45) is 23.2 Å². The molecule has 1 unspecified atom stereocenters. The first kappa shape index (κ1) is 15.7. The van der Waals surface area contributed by atoms with Gasteiger partial charge in [-0.15, -0.1) is 0 Å². The Kier molecular flexibility index (Phi) is 3.00. The molecule has 1 aromatic carbocycles. The van der Waals surface area contributed by atoms with Crippen LogP contribution in [0.4, 0.5) is 0 Å². The maximum atomic E-state index is 11.8. The Morgan fingerprint density at radius 3 is 2.92 bits per heavy atom. The van der Waals surface area contributed by atoms with Crippen LogP contribution in [0, 0.1) is 23.2 Å². The molecule has 1 saturated heterocycles. The molecule has 134 valence electrons. The number of aliphatic hydroxyl groups is 1. The van der Waals surface area contributed by atoms with Crippen molar-refractivity contribution in [3.63, 3.8) is 0 Å². The van der Waals surface area contributed by atoms with Crippen molar-refractivity contribution < 1.29 is 19.7 Å². The van der Waals surface area contributed by atoms with E-state index in [1.807, 2.05) is 6.07 Å². The van der Waals surface area contributed by atoms with Gasteiger partial charge in [-0.2, -0.15) is 0 Å². The van der Waals surface area contributed by atoms with E-state index in [0.29, 0.717) is 29.4 Å². The van der Waals surface area contributed by atoms with Crippen LogP contribution in [0.1, 0.15) is 56.6 Å². The van der Waals surface area contributed by atoms with Crippen molar-refractivity contribution in [2.75, 3.05) is 0 Å². The summed E-state index contributed by atoms with van der Waals surface area (Å²) in [5.74, 6) is 1.92. The molecule has 1 aromatic rings. The number of ether oxygens (including phenoxy) is 1. The van der Waals surface area contributed by atoms with Crippen LogP contribution < -0.4 is 0 Å². The number of aromatic hydroxyl groups is 1. The fraction of sp³-hybridized carbons (Fsp3) is 0.667. The monoisotopic (exact) mass is 342 g/mol. The summed E-state index contributed by atoms with van der Waals surface area (Å²) in [6.45, 7) is 4.48. The first-order valence-corrected chi connectivity index (χ1v) is 9.57. The summed E-state index contributed by atoms with van der Waals surface area (Å²) >= 11 is 0. The number of carbonyl (C=O) groups excluding carboxylic acids is 1. The summed E-state index contributed by atoms with van der Waals surface area (Å²) in [6.07, 6.45) is 3.60. The van der Waals surface area contributed by atoms with Gasteiger partial charge in [-0.25, -0.2) is 0 Å². The maximum absolute atomic E-state index is 11.8. The Balaban J connectivity index is 1.57. The topological polar surface area (TPSA) is 66.8 Å². The van der Waals surface area contributed by atoms with Crippen LogP contribution in [-0.4, -0.2) is 27.9 Å². The second kappa shape index (κ2) is 4.79. The SMILES string of the molecule is C[C@H]1C[C@@]2(C)[C@@H](CC3OC(=O)C[C@@]32O)[C@@H]2CCc3cc(O)ccc3[C@H]21. The summed E-state index contributed by atoms with van der Waals surface area (Å²) in [6, 6.07) is 5.83. The van der Waals surface area contributed by atoms with Crippen molar-refractivity contribution in [2.45, 2.75) is 63.6 Å². The van der Waals surface area contributed by atoms with Gasteiger partial charge in [-0.3, -0.25) is 4.79 Å². The molecule has 3 fully saturated rings. The third kappa shape index (κ3) is 1.84. The fourth-order valence-electron chi connectivity index (χ4n) is 7.07. The smallest absolute Gasteiger partial charge is 0.309 e. The minimum absolute atomic E-state index is 0.152. The number of carbonyl (C=O) groups is 1. The molecule has 4 nitrogen and oxygen atoms in total. The van der Waals surface area contributed by atoms with Crippen LogP contribution in [0.15, 0.2) is 18.2 Å². The first-order chi connectivity index (χ1) is 11.8. The van der Waals surface area contributed by atoms with Gasteiger partial charge in [0, 0.05) is 5.41 Å². The summed E-state index contributed by atoms with van der Waals surface area (Å²) in [7, 11) is 0. The molecule has 1 aliphatic heterocycles. The molecule has 7 atom stereocenters. The van der Waals surface area contributed by atoms with Gasteiger partial charge in [0.25, 0.3) is 0 Å². The van der Waals surface area contributed by atoms with E-state index in [4.69, 9.17) is 4.74 Å². The number of phenolic OH excluding ortho intramolecular Hbond substituents is 1. The summed E-state index contributed by atoms with van der Waals surface area (Å²) in [5, 5.41) is 21.2. The van der Waals surface area contributed by atoms with E-state index >= 15 is 0 Å².